The largest absolute Gasteiger partial charge is 0.244 e. The van der Waals surface area contributed by atoms with E-state index in [2.05, 4.69) is 0 Å². The van der Waals surface area contributed by atoms with Crippen molar-refractivity contribution >= 4 is 10.0 Å². The lowest BCUT2D eigenvalue weighted by Gasteiger charge is -2.29. The molecule has 0 N–H and O–H groups in total. The number of rotatable bonds is 4. The standard InChI is InChI=1S/C13H16N2O2S/c1-15(10-11-5-4-6-11)18(16,17)13-8-3-2-7-12(13)9-14/h2-3,7-8,11H,4-6,10H2,1H3. The molecule has 1 aromatic carbocycles. The summed E-state index contributed by atoms with van der Waals surface area (Å²) >= 11 is 0. The zero-order chi connectivity index (χ0) is 13.2. The Hall–Kier alpha value is -1.38. The summed E-state index contributed by atoms with van der Waals surface area (Å²) in [7, 11) is -1.96. The molecule has 1 aromatic rings. The first kappa shape index (κ1) is 13.1. The van der Waals surface area contributed by atoms with Crippen molar-refractivity contribution in [2.24, 2.45) is 5.92 Å². The number of benzene rings is 1. The molecule has 18 heavy (non-hydrogen) atoms. The summed E-state index contributed by atoms with van der Waals surface area (Å²) in [6.07, 6.45) is 3.38. The zero-order valence-electron chi connectivity index (χ0n) is 10.3. The summed E-state index contributed by atoms with van der Waals surface area (Å²) in [5, 5.41) is 8.97. The maximum Gasteiger partial charge on any atom is 0.244 e. The third-order valence-corrected chi connectivity index (χ3v) is 5.32. The molecule has 1 saturated carbocycles. The highest BCUT2D eigenvalue weighted by Gasteiger charge is 2.28. The van der Waals surface area contributed by atoms with Crippen molar-refractivity contribution in [2.75, 3.05) is 13.6 Å². The van der Waals surface area contributed by atoms with Gasteiger partial charge in [0, 0.05) is 13.6 Å². The summed E-state index contributed by atoms with van der Waals surface area (Å²) in [6, 6.07) is 8.27. The average Bonchev–Trinajstić information content (AvgIpc) is 2.33. The molecule has 0 unspecified atom stereocenters. The van der Waals surface area contributed by atoms with Crippen molar-refractivity contribution in [3.05, 3.63) is 29.8 Å². The van der Waals surface area contributed by atoms with Gasteiger partial charge < -0.3 is 0 Å². The quantitative estimate of drug-likeness (QED) is 0.835. The normalized spacial score (nSPS) is 16.3. The van der Waals surface area contributed by atoms with E-state index in [0.717, 1.165) is 12.8 Å². The van der Waals surface area contributed by atoms with Crippen LogP contribution in [0.3, 0.4) is 0 Å². The van der Waals surface area contributed by atoms with Crippen LogP contribution >= 0.6 is 0 Å². The molecule has 0 radical (unpaired) electrons. The number of hydrogen-bond donors (Lipinski definition) is 0. The molecule has 0 atom stereocenters. The molecule has 1 aliphatic carbocycles. The Kier molecular flexibility index (Phi) is 3.69. The van der Waals surface area contributed by atoms with Crippen molar-refractivity contribution in [2.45, 2.75) is 24.2 Å². The molecule has 0 saturated heterocycles. The lowest BCUT2D eigenvalue weighted by Crippen LogP contribution is -2.34. The van der Waals surface area contributed by atoms with Crippen LogP contribution in [0.5, 0.6) is 0 Å². The average molecular weight is 264 g/mol. The molecule has 4 nitrogen and oxygen atoms in total. The van der Waals surface area contributed by atoms with Gasteiger partial charge in [-0.15, -0.1) is 0 Å². The van der Waals surface area contributed by atoms with Crippen LogP contribution in [0.4, 0.5) is 0 Å². The van der Waals surface area contributed by atoms with Crippen LogP contribution in [0.25, 0.3) is 0 Å². The van der Waals surface area contributed by atoms with Gasteiger partial charge in [0.1, 0.15) is 6.07 Å². The number of sulfonamides is 1. The molecule has 0 heterocycles. The zero-order valence-corrected chi connectivity index (χ0v) is 11.2. The fourth-order valence-corrected chi connectivity index (χ4v) is 3.47. The van der Waals surface area contributed by atoms with Gasteiger partial charge in [0.25, 0.3) is 0 Å². The minimum absolute atomic E-state index is 0.106. The molecule has 1 fully saturated rings. The SMILES string of the molecule is CN(CC1CCC1)S(=O)(=O)c1ccccc1C#N. The maximum atomic E-state index is 12.4. The van der Waals surface area contributed by atoms with E-state index in [1.54, 1.807) is 19.2 Å². The lowest BCUT2D eigenvalue weighted by molar-refractivity contribution is 0.263. The molecule has 0 bridgehead atoms. The monoisotopic (exact) mass is 264 g/mol. The smallest absolute Gasteiger partial charge is 0.207 e. The summed E-state index contributed by atoms with van der Waals surface area (Å²) < 4.78 is 26.1. The molecule has 0 aliphatic heterocycles. The van der Waals surface area contributed by atoms with Gasteiger partial charge in [0.05, 0.1) is 10.5 Å². The van der Waals surface area contributed by atoms with Gasteiger partial charge in [-0.1, -0.05) is 18.6 Å². The Labute approximate surface area is 108 Å². The van der Waals surface area contributed by atoms with E-state index in [1.165, 1.54) is 22.9 Å². The molecule has 96 valence electrons. The number of hydrogen-bond acceptors (Lipinski definition) is 3. The van der Waals surface area contributed by atoms with Crippen molar-refractivity contribution in [1.29, 1.82) is 5.26 Å². The first-order chi connectivity index (χ1) is 8.55. The predicted molar refractivity (Wildman–Crippen MR) is 68.3 cm³/mol. The van der Waals surface area contributed by atoms with Gasteiger partial charge in [-0.25, -0.2) is 12.7 Å². The van der Waals surface area contributed by atoms with E-state index in [-0.39, 0.29) is 10.5 Å². The molecular weight excluding hydrogens is 248 g/mol. The van der Waals surface area contributed by atoms with Crippen LogP contribution in [-0.4, -0.2) is 26.3 Å². The predicted octanol–water partition coefficient (Wildman–Crippen LogP) is 1.98. The van der Waals surface area contributed by atoms with Gasteiger partial charge in [-0.2, -0.15) is 5.26 Å². The van der Waals surface area contributed by atoms with Gasteiger partial charge in [-0.3, -0.25) is 0 Å². The van der Waals surface area contributed by atoms with Crippen molar-refractivity contribution < 1.29 is 8.42 Å². The third kappa shape index (κ3) is 2.40. The second-order valence-electron chi connectivity index (χ2n) is 4.69. The summed E-state index contributed by atoms with van der Waals surface area (Å²) in [5.41, 5.74) is 0.206. The topological polar surface area (TPSA) is 61.2 Å². The van der Waals surface area contributed by atoms with Gasteiger partial charge in [-0.05, 0) is 30.9 Å². The van der Waals surface area contributed by atoms with Crippen molar-refractivity contribution in [1.82, 2.24) is 4.31 Å². The molecule has 1 aliphatic rings. The van der Waals surface area contributed by atoms with Crippen LogP contribution in [-0.2, 0) is 10.0 Å². The first-order valence-corrected chi connectivity index (χ1v) is 7.45. The first-order valence-electron chi connectivity index (χ1n) is 6.01. The highest BCUT2D eigenvalue weighted by molar-refractivity contribution is 7.89. The second-order valence-corrected chi connectivity index (χ2v) is 6.70. The van der Waals surface area contributed by atoms with Gasteiger partial charge in [0.15, 0.2) is 0 Å². The fraction of sp³-hybridized carbons (Fsp3) is 0.462. The highest BCUT2D eigenvalue weighted by Crippen LogP contribution is 2.29. The molecular formula is C13H16N2O2S. The van der Waals surface area contributed by atoms with E-state index in [1.807, 2.05) is 6.07 Å². The molecule has 0 aromatic heterocycles. The van der Waals surface area contributed by atoms with Crippen LogP contribution in [0.2, 0.25) is 0 Å². The Bertz CT molecular complexity index is 571. The van der Waals surface area contributed by atoms with Gasteiger partial charge >= 0.3 is 0 Å². The summed E-state index contributed by atoms with van der Waals surface area (Å²) in [4.78, 5) is 0.106. The molecule has 5 heteroatoms. The lowest BCUT2D eigenvalue weighted by atomic mass is 9.86. The van der Waals surface area contributed by atoms with Crippen LogP contribution in [0, 0.1) is 17.2 Å². The fourth-order valence-electron chi connectivity index (χ4n) is 2.09. The van der Waals surface area contributed by atoms with Gasteiger partial charge in [0.2, 0.25) is 10.0 Å². The van der Waals surface area contributed by atoms with E-state index in [4.69, 9.17) is 5.26 Å². The maximum absolute atomic E-state index is 12.4. The van der Waals surface area contributed by atoms with Crippen molar-refractivity contribution in [3.8, 4) is 6.07 Å². The van der Waals surface area contributed by atoms with Crippen molar-refractivity contribution in [3.63, 3.8) is 0 Å². The van der Waals surface area contributed by atoms with Crippen LogP contribution < -0.4 is 0 Å². The van der Waals surface area contributed by atoms with Crippen LogP contribution in [0.15, 0.2) is 29.2 Å². The number of nitrogens with zero attached hydrogens (tertiary/aromatic N) is 2. The van der Waals surface area contributed by atoms with E-state index >= 15 is 0 Å². The van der Waals surface area contributed by atoms with E-state index < -0.39 is 10.0 Å². The van der Waals surface area contributed by atoms with Crippen LogP contribution in [0.1, 0.15) is 24.8 Å². The summed E-state index contributed by atoms with van der Waals surface area (Å²) in [6.45, 7) is 0.544. The van der Waals surface area contributed by atoms with E-state index in [9.17, 15) is 8.42 Å². The Morgan fingerprint density at radius 2 is 2.06 bits per heavy atom. The Morgan fingerprint density at radius 1 is 1.39 bits per heavy atom. The molecule has 0 spiro atoms. The minimum Gasteiger partial charge on any atom is -0.207 e. The van der Waals surface area contributed by atoms with E-state index in [0.29, 0.717) is 12.5 Å². The molecule has 0 amide bonds. The number of nitriles is 1. The summed E-state index contributed by atoms with van der Waals surface area (Å²) in [5.74, 6) is 0.471. The Morgan fingerprint density at radius 3 is 2.61 bits per heavy atom. The minimum atomic E-state index is -3.54. The second kappa shape index (κ2) is 5.09. The molecule has 2 rings (SSSR count). The third-order valence-electron chi connectivity index (χ3n) is 3.44. The highest BCUT2D eigenvalue weighted by atomic mass is 32.2. The Balaban J connectivity index is 2.26.